The second-order valence-electron chi connectivity index (χ2n) is 9.12. The molecule has 0 aliphatic carbocycles. The van der Waals surface area contributed by atoms with Gasteiger partial charge in [0.15, 0.2) is 0 Å². The number of ether oxygens (including phenoxy) is 2. The van der Waals surface area contributed by atoms with Crippen molar-refractivity contribution in [2.24, 2.45) is 0 Å². The molecule has 0 aliphatic heterocycles. The highest BCUT2D eigenvalue weighted by Crippen LogP contribution is 2.33. The van der Waals surface area contributed by atoms with Crippen LogP contribution in [0.4, 0.5) is 16.2 Å². The summed E-state index contributed by atoms with van der Waals surface area (Å²) in [6, 6.07) is 19.5. The van der Waals surface area contributed by atoms with Crippen molar-refractivity contribution >= 4 is 23.4 Å². The molecule has 0 bridgehead atoms. The number of nitro groups is 1. The smallest absolute Gasteiger partial charge is 0.408 e. The van der Waals surface area contributed by atoms with E-state index in [1.54, 1.807) is 46.1 Å². The lowest BCUT2D eigenvalue weighted by atomic mass is 9.98. The van der Waals surface area contributed by atoms with E-state index < -0.39 is 16.6 Å². The number of carbonyl (C=O) groups is 2. The summed E-state index contributed by atoms with van der Waals surface area (Å²) >= 11 is 0. The Morgan fingerprint density at radius 1 is 0.972 bits per heavy atom. The van der Waals surface area contributed by atoms with Gasteiger partial charge in [-0.2, -0.15) is 0 Å². The van der Waals surface area contributed by atoms with Gasteiger partial charge in [0.25, 0.3) is 5.69 Å². The molecule has 0 heterocycles. The molecular weight excluding hydrogens is 462 g/mol. The number of hydrogen-bond acceptors (Lipinski definition) is 6. The summed E-state index contributed by atoms with van der Waals surface area (Å²) in [6.45, 7) is 5.03. The van der Waals surface area contributed by atoms with Crippen LogP contribution in [0.25, 0.3) is 11.1 Å². The van der Waals surface area contributed by atoms with Crippen LogP contribution in [0.5, 0.6) is 5.75 Å². The summed E-state index contributed by atoms with van der Waals surface area (Å²) in [5.74, 6) is 0.252. The number of methoxy groups -OCH3 is 1. The standard InChI is InChI=1S/C27H29N3O6/c1-27(2,3)36-26(32)28-17-25(31)29-21-11-8-18(9-12-21)14-19-10-13-24(35-4)23(15-19)20-6-5-7-22(16-20)30(33)34/h5-13,15-16H,14,17H2,1-4H3,(H,28,32)(H,29,31). The molecule has 0 unspecified atom stereocenters. The molecule has 0 aromatic heterocycles. The maximum atomic E-state index is 12.1. The lowest BCUT2D eigenvalue weighted by Gasteiger charge is -2.19. The van der Waals surface area contributed by atoms with Gasteiger partial charge in [0, 0.05) is 23.4 Å². The highest BCUT2D eigenvalue weighted by molar-refractivity contribution is 5.93. The number of carbonyl (C=O) groups excluding carboxylic acids is 2. The molecular formula is C27H29N3O6. The van der Waals surface area contributed by atoms with Crippen LogP contribution in [-0.4, -0.2) is 36.2 Å². The molecule has 0 saturated heterocycles. The van der Waals surface area contributed by atoms with E-state index in [9.17, 15) is 19.7 Å². The Kier molecular flexibility index (Phi) is 8.26. The van der Waals surface area contributed by atoms with Crippen molar-refractivity contribution in [1.29, 1.82) is 0 Å². The predicted octanol–water partition coefficient (Wildman–Crippen LogP) is 5.32. The molecule has 0 radical (unpaired) electrons. The quantitative estimate of drug-likeness (QED) is 0.325. The Morgan fingerprint density at radius 3 is 2.31 bits per heavy atom. The summed E-state index contributed by atoms with van der Waals surface area (Å²) in [5.41, 5.74) is 3.44. The normalized spacial score (nSPS) is 10.9. The third kappa shape index (κ3) is 7.56. The number of anilines is 1. The average molecular weight is 492 g/mol. The van der Waals surface area contributed by atoms with Crippen molar-refractivity contribution in [2.75, 3.05) is 19.0 Å². The minimum absolute atomic E-state index is 0.0129. The molecule has 2 N–H and O–H groups in total. The Balaban J connectivity index is 1.65. The van der Waals surface area contributed by atoms with Gasteiger partial charge >= 0.3 is 6.09 Å². The first-order valence-corrected chi connectivity index (χ1v) is 11.3. The molecule has 0 atom stereocenters. The molecule has 2 amide bonds. The average Bonchev–Trinajstić information content (AvgIpc) is 2.83. The van der Waals surface area contributed by atoms with E-state index in [1.165, 1.54) is 12.1 Å². The Morgan fingerprint density at radius 2 is 1.67 bits per heavy atom. The van der Waals surface area contributed by atoms with Gasteiger partial charge in [-0.15, -0.1) is 0 Å². The largest absolute Gasteiger partial charge is 0.496 e. The molecule has 3 aromatic carbocycles. The van der Waals surface area contributed by atoms with Crippen molar-refractivity contribution in [1.82, 2.24) is 5.32 Å². The van der Waals surface area contributed by atoms with E-state index in [0.29, 0.717) is 23.4 Å². The summed E-state index contributed by atoms with van der Waals surface area (Å²) in [6.07, 6.45) is -0.0441. The van der Waals surface area contributed by atoms with Gasteiger partial charge in [0.05, 0.1) is 12.0 Å². The molecule has 3 aromatic rings. The van der Waals surface area contributed by atoms with E-state index in [-0.39, 0.29) is 18.1 Å². The molecule has 188 valence electrons. The fourth-order valence-electron chi connectivity index (χ4n) is 3.49. The van der Waals surface area contributed by atoms with Crippen molar-refractivity contribution < 1.29 is 24.0 Å². The minimum atomic E-state index is -0.656. The van der Waals surface area contributed by atoms with Gasteiger partial charge in [-0.05, 0) is 68.1 Å². The van der Waals surface area contributed by atoms with Crippen LogP contribution >= 0.6 is 0 Å². The highest BCUT2D eigenvalue weighted by atomic mass is 16.6. The van der Waals surface area contributed by atoms with Crippen LogP contribution in [0.3, 0.4) is 0 Å². The van der Waals surface area contributed by atoms with Crippen molar-refractivity contribution in [3.63, 3.8) is 0 Å². The monoisotopic (exact) mass is 491 g/mol. The van der Waals surface area contributed by atoms with Crippen LogP contribution in [0.15, 0.2) is 66.7 Å². The van der Waals surface area contributed by atoms with E-state index >= 15 is 0 Å². The van der Waals surface area contributed by atoms with E-state index in [2.05, 4.69) is 10.6 Å². The number of alkyl carbamates (subject to hydrolysis) is 1. The molecule has 0 spiro atoms. The SMILES string of the molecule is COc1ccc(Cc2ccc(NC(=O)CNC(=O)OC(C)(C)C)cc2)cc1-c1cccc([N+](=O)[O-])c1. The number of amides is 2. The Hall–Kier alpha value is -4.40. The summed E-state index contributed by atoms with van der Waals surface area (Å²) in [4.78, 5) is 34.6. The summed E-state index contributed by atoms with van der Waals surface area (Å²) in [7, 11) is 1.56. The number of nitrogens with one attached hydrogen (secondary N) is 2. The molecule has 9 nitrogen and oxygen atoms in total. The van der Waals surface area contributed by atoms with Crippen molar-refractivity contribution in [2.45, 2.75) is 32.8 Å². The van der Waals surface area contributed by atoms with Crippen LogP contribution in [-0.2, 0) is 16.0 Å². The van der Waals surface area contributed by atoms with Gasteiger partial charge in [0.1, 0.15) is 17.9 Å². The van der Waals surface area contributed by atoms with Crippen LogP contribution in [0, 0.1) is 10.1 Å². The lowest BCUT2D eigenvalue weighted by Crippen LogP contribution is -2.37. The summed E-state index contributed by atoms with van der Waals surface area (Å²) in [5, 5.41) is 16.3. The van der Waals surface area contributed by atoms with Gasteiger partial charge in [-0.3, -0.25) is 14.9 Å². The van der Waals surface area contributed by atoms with Gasteiger partial charge in [-0.25, -0.2) is 4.79 Å². The van der Waals surface area contributed by atoms with Gasteiger partial charge in [-0.1, -0.05) is 30.3 Å². The minimum Gasteiger partial charge on any atom is -0.496 e. The second-order valence-corrected chi connectivity index (χ2v) is 9.12. The van der Waals surface area contributed by atoms with E-state index in [4.69, 9.17) is 9.47 Å². The van der Waals surface area contributed by atoms with Gasteiger partial charge < -0.3 is 20.1 Å². The second kappa shape index (κ2) is 11.4. The Bertz CT molecular complexity index is 1250. The topological polar surface area (TPSA) is 120 Å². The van der Waals surface area contributed by atoms with Crippen LogP contribution in [0.1, 0.15) is 31.9 Å². The number of nitrogens with zero attached hydrogens (tertiary/aromatic N) is 1. The van der Waals surface area contributed by atoms with E-state index in [0.717, 1.165) is 16.7 Å². The van der Waals surface area contributed by atoms with Gasteiger partial charge in [0.2, 0.25) is 5.91 Å². The maximum absolute atomic E-state index is 12.1. The van der Waals surface area contributed by atoms with Crippen LogP contribution < -0.4 is 15.4 Å². The predicted molar refractivity (Wildman–Crippen MR) is 137 cm³/mol. The molecule has 9 heteroatoms. The van der Waals surface area contributed by atoms with Crippen LogP contribution in [0.2, 0.25) is 0 Å². The third-order valence-corrected chi connectivity index (χ3v) is 5.07. The third-order valence-electron chi connectivity index (χ3n) is 5.07. The first-order chi connectivity index (χ1) is 17.0. The number of hydrogen-bond donors (Lipinski definition) is 2. The zero-order valence-corrected chi connectivity index (χ0v) is 20.7. The van der Waals surface area contributed by atoms with E-state index in [1.807, 2.05) is 36.4 Å². The fraction of sp³-hybridized carbons (Fsp3) is 0.259. The molecule has 36 heavy (non-hydrogen) atoms. The number of non-ortho nitro benzene ring substituents is 1. The number of rotatable bonds is 8. The molecule has 0 fully saturated rings. The Labute approximate surface area is 209 Å². The number of benzene rings is 3. The molecule has 0 aliphatic rings. The highest BCUT2D eigenvalue weighted by Gasteiger charge is 2.17. The van der Waals surface area contributed by atoms with Crippen molar-refractivity contribution in [3.05, 3.63) is 88.0 Å². The number of nitro benzene ring substituents is 1. The van der Waals surface area contributed by atoms with Crippen molar-refractivity contribution in [3.8, 4) is 16.9 Å². The summed E-state index contributed by atoms with van der Waals surface area (Å²) < 4.78 is 10.6. The first-order valence-electron chi connectivity index (χ1n) is 11.3. The first kappa shape index (κ1) is 26.2. The maximum Gasteiger partial charge on any atom is 0.408 e. The molecule has 0 saturated carbocycles. The zero-order chi connectivity index (χ0) is 26.3. The fourth-order valence-corrected chi connectivity index (χ4v) is 3.49. The zero-order valence-electron chi connectivity index (χ0n) is 20.7. The molecule has 3 rings (SSSR count). The lowest BCUT2D eigenvalue weighted by molar-refractivity contribution is -0.384.